The highest BCUT2D eigenvalue weighted by molar-refractivity contribution is 6.44. The van der Waals surface area contributed by atoms with Crippen molar-refractivity contribution in [2.45, 2.75) is 0 Å². The van der Waals surface area contributed by atoms with Crippen LogP contribution in [0.2, 0.25) is 10.0 Å². The number of ketones is 1. The third-order valence-electron chi connectivity index (χ3n) is 3.07. The van der Waals surface area contributed by atoms with Gasteiger partial charge < -0.3 is 9.47 Å². The van der Waals surface area contributed by atoms with Crippen molar-refractivity contribution in [2.75, 3.05) is 14.2 Å². The summed E-state index contributed by atoms with van der Waals surface area (Å²) in [5.41, 5.74) is 1.08. The van der Waals surface area contributed by atoms with E-state index in [1.165, 1.54) is 6.08 Å². The Kier molecular flexibility index (Phi) is 5.47. The average Bonchev–Trinajstić information content (AvgIpc) is 2.54. The maximum atomic E-state index is 12.2. The summed E-state index contributed by atoms with van der Waals surface area (Å²) in [6.07, 6.45) is 3.08. The smallest absolute Gasteiger partial charge is 0.187 e. The largest absolute Gasteiger partial charge is 0.497 e. The second-order valence-electron chi connectivity index (χ2n) is 4.41. The molecule has 0 bridgehead atoms. The number of rotatable bonds is 5. The van der Waals surface area contributed by atoms with E-state index in [1.807, 2.05) is 0 Å². The van der Waals surface area contributed by atoms with Crippen molar-refractivity contribution in [3.63, 3.8) is 0 Å². The van der Waals surface area contributed by atoms with Gasteiger partial charge in [0.15, 0.2) is 5.78 Å². The first-order valence-electron chi connectivity index (χ1n) is 6.45. The van der Waals surface area contributed by atoms with Crippen LogP contribution >= 0.6 is 23.2 Å². The quantitative estimate of drug-likeness (QED) is 0.575. The number of carbonyl (C=O) groups excluding carboxylic acids is 1. The fourth-order valence-electron chi connectivity index (χ4n) is 1.92. The number of hydrogen-bond donors (Lipinski definition) is 0. The van der Waals surface area contributed by atoms with Gasteiger partial charge >= 0.3 is 0 Å². The van der Waals surface area contributed by atoms with Gasteiger partial charge in [-0.05, 0) is 42.5 Å². The molecule has 0 amide bonds. The van der Waals surface area contributed by atoms with E-state index in [1.54, 1.807) is 56.7 Å². The lowest BCUT2D eigenvalue weighted by Crippen LogP contribution is -1.96. The van der Waals surface area contributed by atoms with Crippen LogP contribution in [0.1, 0.15) is 15.9 Å². The Morgan fingerprint density at radius 1 is 1.09 bits per heavy atom. The van der Waals surface area contributed by atoms with Crippen LogP contribution in [0, 0.1) is 0 Å². The number of halogens is 2. The molecule has 0 saturated carbocycles. The number of ether oxygens (including phenoxy) is 2. The molecule has 2 aromatic rings. The minimum atomic E-state index is -0.239. The van der Waals surface area contributed by atoms with E-state index in [4.69, 9.17) is 32.7 Å². The maximum Gasteiger partial charge on any atom is 0.187 e. The second-order valence-corrected chi connectivity index (χ2v) is 5.19. The summed E-state index contributed by atoms with van der Waals surface area (Å²) in [4.78, 5) is 12.2. The molecule has 2 rings (SSSR count). The second kappa shape index (κ2) is 7.34. The third kappa shape index (κ3) is 3.62. The molecular formula is C17H14Cl2O3. The monoisotopic (exact) mass is 336 g/mol. The van der Waals surface area contributed by atoms with Crippen LogP contribution < -0.4 is 9.47 Å². The van der Waals surface area contributed by atoms with Crippen LogP contribution in [0.25, 0.3) is 6.08 Å². The van der Waals surface area contributed by atoms with Gasteiger partial charge in [0.05, 0.1) is 24.3 Å². The predicted molar refractivity (Wildman–Crippen MR) is 89.4 cm³/mol. The van der Waals surface area contributed by atoms with E-state index in [0.29, 0.717) is 22.1 Å². The molecule has 0 aliphatic rings. The molecule has 0 aliphatic heterocycles. The highest BCUT2D eigenvalue weighted by Crippen LogP contribution is 2.28. The van der Waals surface area contributed by atoms with E-state index >= 15 is 0 Å². The van der Waals surface area contributed by atoms with E-state index in [0.717, 1.165) is 5.56 Å². The zero-order valence-electron chi connectivity index (χ0n) is 12.1. The molecule has 0 aliphatic carbocycles. The van der Waals surface area contributed by atoms with Gasteiger partial charge in [0, 0.05) is 11.1 Å². The van der Waals surface area contributed by atoms with Crippen molar-refractivity contribution in [3.8, 4) is 11.5 Å². The third-order valence-corrected chi connectivity index (χ3v) is 3.89. The van der Waals surface area contributed by atoms with Crippen molar-refractivity contribution in [2.24, 2.45) is 0 Å². The molecule has 0 heterocycles. The molecule has 0 aromatic heterocycles. The number of methoxy groups -OCH3 is 2. The van der Waals surface area contributed by atoms with Gasteiger partial charge in [-0.1, -0.05) is 29.3 Å². The summed E-state index contributed by atoms with van der Waals surface area (Å²) in [6.45, 7) is 0. The van der Waals surface area contributed by atoms with Gasteiger partial charge in [-0.15, -0.1) is 0 Å². The summed E-state index contributed by atoms with van der Waals surface area (Å²) >= 11 is 12.0. The SMILES string of the molecule is COc1ccc(OC)c(/C=C/C(=O)c2cccc(Cl)c2Cl)c1. The lowest BCUT2D eigenvalue weighted by molar-refractivity contribution is 0.104. The van der Waals surface area contributed by atoms with E-state index in [2.05, 4.69) is 0 Å². The minimum absolute atomic E-state index is 0.239. The Balaban J connectivity index is 2.31. The molecule has 0 N–H and O–H groups in total. The molecule has 114 valence electrons. The number of allylic oxidation sites excluding steroid dienone is 1. The molecule has 0 unspecified atom stereocenters. The lowest BCUT2D eigenvalue weighted by Gasteiger charge is -2.07. The molecule has 22 heavy (non-hydrogen) atoms. The van der Waals surface area contributed by atoms with Crippen LogP contribution in [-0.2, 0) is 0 Å². The fourth-order valence-corrected chi connectivity index (χ4v) is 2.31. The van der Waals surface area contributed by atoms with Crippen LogP contribution in [-0.4, -0.2) is 20.0 Å². The first-order chi connectivity index (χ1) is 10.6. The van der Waals surface area contributed by atoms with Gasteiger partial charge in [-0.3, -0.25) is 4.79 Å². The van der Waals surface area contributed by atoms with Crippen molar-refractivity contribution in [3.05, 3.63) is 63.6 Å². The molecule has 0 radical (unpaired) electrons. The highest BCUT2D eigenvalue weighted by Gasteiger charge is 2.10. The summed E-state index contributed by atoms with van der Waals surface area (Å²) in [5.74, 6) is 1.08. The molecule has 5 heteroatoms. The normalized spacial score (nSPS) is 10.7. The Labute approximate surface area is 139 Å². The summed E-state index contributed by atoms with van der Waals surface area (Å²) in [6, 6.07) is 10.3. The van der Waals surface area contributed by atoms with Gasteiger partial charge in [0.1, 0.15) is 11.5 Å². The molecule has 2 aromatic carbocycles. The van der Waals surface area contributed by atoms with Crippen LogP contribution in [0.3, 0.4) is 0 Å². The Hall–Kier alpha value is -1.97. The molecule has 0 spiro atoms. The Bertz CT molecular complexity index is 724. The van der Waals surface area contributed by atoms with E-state index in [-0.39, 0.29) is 10.8 Å². The molecule has 0 atom stereocenters. The van der Waals surface area contributed by atoms with Crippen molar-refractivity contribution in [1.82, 2.24) is 0 Å². The molecule has 3 nitrogen and oxygen atoms in total. The van der Waals surface area contributed by atoms with Crippen molar-refractivity contribution < 1.29 is 14.3 Å². The predicted octanol–water partition coefficient (Wildman–Crippen LogP) is 4.91. The van der Waals surface area contributed by atoms with Crippen LogP contribution in [0.15, 0.2) is 42.5 Å². The molecular weight excluding hydrogens is 323 g/mol. The first kappa shape index (κ1) is 16.4. The summed E-state index contributed by atoms with van der Waals surface area (Å²) in [5, 5.41) is 0.594. The van der Waals surface area contributed by atoms with E-state index in [9.17, 15) is 4.79 Å². The number of carbonyl (C=O) groups is 1. The summed E-state index contributed by atoms with van der Waals surface area (Å²) in [7, 11) is 3.14. The standard InChI is InChI=1S/C17H14Cl2O3/c1-21-12-7-9-16(22-2)11(10-12)6-8-15(20)13-4-3-5-14(18)17(13)19/h3-10H,1-2H3/b8-6+. The number of hydrogen-bond acceptors (Lipinski definition) is 3. The van der Waals surface area contributed by atoms with Gasteiger partial charge in [0.2, 0.25) is 0 Å². The Morgan fingerprint density at radius 2 is 1.86 bits per heavy atom. The zero-order chi connectivity index (χ0) is 16.1. The summed E-state index contributed by atoms with van der Waals surface area (Å²) < 4.78 is 10.4. The minimum Gasteiger partial charge on any atom is -0.497 e. The maximum absolute atomic E-state index is 12.2. The first-order valence-corrected chi connectivity index (χ1v) is 7.21. The topological polar surface area (TPSA) is 35.5 Å². The number of benzene rings is 2. The molecule has 0 fully saturated rings. The Morgan fingerprint density at radius 3 is 2.55 bits per heavy atom. The fraction of sp³-hybridized carbons (Fsp3) is 0.118. The lowest BCUT2D eigenvalue weighted by atomic mass is 10.1. The van der Waals surface area contributed by atoms with Crippen molar-refractivity contribution >= 4 is 35.1 Å². The van der Waals surface area contributed by atoms with Crippen LogP contribution in [0.5, 0.6) is 11.5 Å². The van der Waals surface area contributed by atoms with Gasteiger partial charge in [0.25, 0.3) is 0 Å². The molecule has 0 saturated heterocycles. The zero-order valence-corrected chi connectivity index (χ0v) is 13.6. The van der Waals surface area contributed by atoms with Gasteiger partial charge in [-0.25, -0.2) is 0 Å². The van der Waals surface area contributed by atoms with E-state index < -0.39 is 0 Å². The van der Waals surface area contributed by atoms with Crippen molar-refractivity contribution in [1.29, 1.82) is 0 Å². The van der Waals surface area contributed by atoms with Gasteiger partial charge in [-0.2, -0.15) is 0 Å². The van der Waals surface area contributed by atoms with Crippen LogP contribution in [0.4, 0.5) is 0 Å². The highest BCUT2D eigenvalue weighted by atomic mass is 35.5. The average molecular weight is 337 g/mol.